The number of aliphatic hydroxyl groups is 1. The lowest BCUT2D eigenvalue weighted by molar-refractivity contribution is 0.0460. The Morgan fingerprint density at radius 3 is 2.78 bits per heavy atom. The molecule has 260 valence electrons. The van der Waals surface area contributed by atoms with Gasteiger partial charge < -0.3 is 14.7 Å². The molecular formula is C38H45ClN4O5S. The number of anilines is 1. The molecule has 2 N–H and O–H groups in total. The number of amides is 1. The van der Waals surface area contributed by atoms with Crippen molar-refractivity contribution in [2.24, 2.45) is 11.8 Å². The van der Waals surface area contributed by atoms with Crippen molar-refractivity contribution in [3.8, 4) is 5.75 Å². The van der Waals surface area contributed by atoms with Gasteiger partial charge in [0, 0.05) is 41.3 Å². The van der Waals surface area contributed by atoms with Crippen LogP contribution in [0.4, 0.5) is 5.69 Å². The lowest BCUT2D eigenvalue weighted by Gasteiger charge is -2.45. The normalized spacial score (nSPS) is 22.9. The summed E-state index contributed by atoms with van der Waals surface area (Å²) in [4.78, 5) is 20.3. The van der Waals surface area contributed by atoms with Crippen LogP contribution < -0.4 is 14.4 Å². The Morgan fingerprint density at radius 1 is 1.22 bits per heavy atom. The highest BCUT2D eigenvalue weighted by atomic mass is 35.5. The van der Waals surface area contributed by atoms with Gasteiger partial charge >= 0.3 is 10.2 Å². The fraction of sp³-hybridized carbons (Fsp3) is 0.421. The third-order valence-electron chi connectivity index (χ3n) is 10.5. The molecule has 1 aliphatic heterocycles. The van der Waals surface area contributed by atoms with Gasteiger partial charge in [0.2, 0.25) is 0 Å². The Labute approximate surface area is 294 Å². The maximum Gasteiger partial charge on any atom is 0.304 e. The zero-order valence-corrected chi connectivity index (χ0v) is 29.5. The number of hydrogen-bond acceptors (Lipinski definition) is 7. The van der Waals surface area contributed by atoms with E-state index in [9.17, 15) is 18.3 Å². The molecule has 1 amide bonds. The van der Waals surface area contributed by atoms with Gasteiger partial charge in [-0.3, -0.25) is 9.78 Å². The molecule has 1 aromatic heterocycles. The number of halogens is 1. The van der Waals surface area contributed by atoms with Crippen LogP contribution >= 0.6 is 11.6 Å². The van der Waals surface area contributed by atoms with Crippen molar-refractivity contribution in [3.05, 3.63) is 114 Å². The first kappa shape index (κ1) is 35.1. The third-order valence-corrected chi connectivity index (χ3v) is 12.3. The molecule has 11 heteroatoms. The van der Waals surface area contributed by atoms with Crippen LogP contribution in [0.25, 0.3) is 0 Å². The number of carbonyl (C=O) groups is 1. The summed E-state index contributed by atoms with van der Waals surface area (Å²) in [6, 6.07) is 16.1. The highest BCUT2D eigenvalue weighted by Gasteiger charge is 2.44. The van der Waals surface area contributed by atoms with Gasteiger partial charge in [0.05, 0.1) is 30.6 Å². The zero-order chi connectivity index (χ0) is 34.8. The zero-order valence-electron chi connectivity index (χ0n) is 27.9. The number of benzene rings is 2. The highest BCUT2D eigenvalue weighted by Crippen LogP contribution is 2.46. The van der Waals surface area contributed by atoms with Crippen LogP contribution in [0.5, 0.6) is 5.75 Å². The van der Waals surface area contributed by atoms with E-state index in [1.165, 1.54) is 15.4 Å². The summed E-state index contributed by atoms with van der Waals surface area (Å²) in [5, 5.41) is 11.4. The minimum absolute atomic E-state index is 0.00184. The first-order chi connectivity index (χ1) is 23.5. The summed E-state index contributed by atoms with van der Waals surface area (Å²) in [6.45, 7) is 11.1. The topological polar surface area (TPSA) is 112 Å². The second-order valence-corrected chi connectivity index (χ2v) is 15.8. The molecule has 1 fully saturated rings. The number of carbonyl (C=O) groups excluding carboxylic acids is 1. The average Bonchev–Trinajstić information content (AvgIpc) is 3.22. The number of aliphatic hydroxyl groups excluding tert-OH is 1. The standard InChI is InChI=1S/C38H45ClN4O5S/c1-4-9-26(3)43(23-31-11-6-7-19-40-31)49(46,47)41-37(45)28-13-17-36-34(21-28)42(22-29-12-15-32(29)35(44)5-2)24-38(25-48-36)18-8-10-27-20-30(39)14-16-33(27)38/h4-7,11,13-14,16-17,19-21,26,29,32,35,44H,1-2,8-10,12,15,18,22-25H2,3H3,(H,41,45)/t26-,29?,32?,35-,38-/m0/s1. The lowest BCUT2D eigenvalue weighted by Crippen LogP contribution is -2.49. The minimum atomic E-state index is -4.27. The average molecular weight is 705 g/mol. The number of ether oxygens (including phenoxy) is 1. The summed E-state index contributed by atoms with van der Waals surface area (Å²) in [6.07, 6.45) is 9.42. The number of nitrogens with one attached hydrogen (secondary N) is 1. The molecular weight excluding hydrogens is 660 g/mol. The van der Waals surface area contributed by atoms with Crippen molar-refractivity contribution in [2.75, 3.05) is 24.6 Å². The fourth-order valence-corrected chi connectivity index (χ4v) is 9.23. The monoisotopic (exact) mass is 704 g/mol. The van der Waals surface area contributed by atoms with Crippen LogP contribution in [0.2, 0.25) is 5.02 Å². The van der Waals surface area contributed by atoms with E-state index in [2.05, 4.69) is 39.9 Å². The smallest absolute Gasteiger partial charge is 0.304 e. The summed E-state index contributed by atoms with van der Waals surface area (Å²) in [5.74, 6) is 0.208. The van der Waals surface area contributed by atoms with Crippen molar-refractivity contribution in [1.29, 1.82) is 0 Å². The van der Waals surface area contributed by atoms with E-state index < -0.39 is 28.3 Å². The summed E-state index contributed by atoms with van der Waals surface area (Å²) in [7, 11) is -4.27. The maximum absolute atomic E-state index is 13.8. The van der Waals surface area contributed by atoms with Crippen molar-refractivity contribution < 1.29 is 23.1 Å². The summed E-state index contributed by atoms with van der Waals surface area (Å²) < 4.78 is 37.7. The van der Waals surface area contributed by atoms with Gasteiger partial charge in [-0.1, -0.05) is 35.9 Å². The quantitative estimate of drug-likeness (QED) is 0.215. The van der Waals surface area contributed by atoms with Gasteiger partial charge in [-0.25, -0.2) is 4.72 Å². The maximum atomic E-state index is 13.8. The molecule has 2 aliphatic carbocycles. The SMILES string of the molecule is C=CC[C@H](C)N(Cc1ccccn1)S(=O)(=O)NC(=O)c1ccc2c(c1)N(CC1CCC1[C@@H](O)C=C)C[C@@]1(CCCc3cc(Cl)ccc31)CO2. The van der Waals surface area contributed by atoms with Crippen LogP contribution in [-0.4, -0.2) is 60.6 Å². The molecule has 2 heterocycles. The molecule has 9 nitrogen and oxygen atoms in total. The van der Waals surface area contributed by atoms with Gasteiger partial charge in [0.15, 0.2) is 0 Å². The highest BCUT2D eigenvalue weighted by molar-refractivity contribution is 7.87. The number of pyridine rings is 1. The number of rotatable bonds is 12. The van der Waals surface area contributed by atoms with Crippen molar-refractivity contribution in [2.45, 2.75) is 69.6 Å². The van der Waals surface area contributed by atoms with Gasteiger partial charge in [0.25, 0.3) is 5.91 Å². The molecule has 6 rings (SSSR count). The Balaban J connectivity index is 1.32. The van der Waals surface area contributed by atoms with Crippen molar-refractivity contribution in [1.82, 2.24) is 14.0 Å². The molecule has 1 spiro atoms. The van der Waals surface area contributed by atoms with E-state index in [1.807, 2.05) is 6.07 Å². The molecule has 0 radical (unpaired) electrons. The summed E-state index contributed by atoms with van der Waals surface area (Å²) in [5.41, 5.74) is 3.63. The number of aromatic nitrogens is 1. The molecule has 1 saturated carbocycles. The third kappa shape index (κ3) is 7.43. The fourth-order valence-electron chi connectivity index (χ4n) is 7.71. The molecule has 49 heavy (non-hydrogen) atoms. The molecule has 3 aliphatic rings. The van der Waals surface area contributed by atoms with Crippen LogP contribution in [0.1, 0.15) is 66.2 Å². The minimum Gasteiger partial charge on any atom is -0.490 e. The molecule has 3 aromatic rings. The van der Waals surface area contributed by atoms with Gasteiger partial charge in [-0.2, -0.15) is 12.7 Å². The molecule has 0 bridgehead atoms. The second kappa shape index (κ2) is 14.6. The summed E-state index contributed by atoms with van der Waals surface area (Å²) >= 11 is 6.41. The second-order valence-electron chi connectivity index (χ2n) is 13.7. The van der Waals surface area contributed by atoms with E-state index in [0.29, 0.717) is 42.6 Å². The molecule has 0 saturated heterocycles. The number of hydrogen-bond donors (Lipinski definition) is 2. The van der Waals surface area contributed by atoms with Crippen LogP contribution in [0, 0.1) is 11.8 Å². The Morgan fingerprint density at radius 2 is 2.06 bits per heavy atom. The van der Waals surface area contributed by atoms with E-state index in [1.54, 1.807) is 61.7 Å². The number of fused-ring (bicyclic) bond motifs is 3. The lowest BCUT2D eigenvalue weighted by atomic mass is 9.68. The van der Waals surface area contributed by atoms with E-state index >= 15 is 0 Å². The Hall–Kier alpha value is -3.70. The van der Waals surface area contributed by atoms with E-state index in [4.69, 9.17) is 16.3 Å². The Bertz CT molecular complexity index is 1800. The van der Waals surface area contributed by atoms with Crippen LogP contribution in [0.15, 0.2) is 86.1 Å². The predicted molar refractivity (Wildman–Crippen MR) is 193 cm³/mol. The molecule has 2 aromatic carbocycles. The first-order valence-electron chi connectivity index (χ1n) is 17.0. The Kier molecular flexibility index (Phi) is 10.5. The number of aryl methyl sites for hydroxylation is 1. The van der Waals surface area contributed by atoms with E-state index in [-0.39, 0.29) is 29.4 Å². The van der Waals surface area contributed by atoms with Gasteiger partial charge in [-0.15, -0.1) is 13.2 Å². The number of nitrogens with zero attached hydrogens (tertiary/aromatic N) is 3. The van der Waals surface area contributed by atoms with Gasteiger partial charge in [0.1, 0.15) is 5.75 Å². The largest absolute Gasteiger partial charge is 0.490 e. The van der Waals surface area contributed by atoms with Crippen molar-refractivity contribution in [3.63, 3.8) is 0 Å². The first-order valence-corrected chi connectivity index (χ1v) is 18.8. The van der Waals surface area contributed by atoms with Crippen LogP contribution in [0.3, 0.4) is 0 Å². The van der Waals surface area contributed by atoms with E-state index in [0.717, 1.165) is 37.8 Å². The van der Waals surface area contributed by atoms with Crippen molar-refractivity contribution >= 4 is 33.4 Å². The molecule has 5 atom stereocenters. The van der Waals surface area contributed by atoms with Gasteiger partial charge in [-0.05, 0) is 111 Å². The predicted octanol–water partition coefficient (Wildman–Crippen LogP) is 6.22. The molecule has 2 unspecified atom stereocenters. The van der Waals surface area contributed by atoms with Crippen LogP contribution in [-0.2, 0) is 28.6 Å².